The highest BCUT2D eigenvalue weighted by molar-refractivity contribution is 5.76. The number of carbonyl (C=O) groups is 1. The van der Waals surface area contributed by atoms with Crippen LogP contribution in [0.5, 0.6) is 0 Å². The lowest BCUT2D eigenvalue weighted by Gasteiger charge is -2.11. The normalized spacial score (nSPS) is 12.2. The summed E-state index contributed by atoms with van der Waals surface area (Å²) in [7, 11) is 0. The Bertz CT molecular complexity index is 325. The van der Waals surface area contributed by atoms with E-state index in [2.05, 4.69) is 4.98 Å². The minimum Gasteiger partial charge on any atom is -0.464 e. The molecule has 0 bridgehead atoms. The van der Waals surface area contributed by atoms with Crippen molar-refractivity contribution in [3.8, 4) is 0 Å². The Hall–Kier alpha value is -1.42. The molecule has 1 N–H and O–H groups in total. The summed E-state index contributed by atoms with van der Waals surface area (Å²) in [6.45, 7) is 3.69. The molecule has 0 aromatic carbocycles. The highest BCUT2D eigenvalue weighted by atomic mass is 16.5. The van der Waals surface area contributed by atoms with Gasteiger partial charge in [-0.2, -0.15) is 0 Å². The lowest BCUT2D eigenvalue weighted by molar-refractivity contribution is -0.153. The smallest absolute Gasteiger partial charge is 0.339 e. The van der Waals surface area contributed by atoms with Gasteiger partial charge in [0.25, 0.3) is 0 Å². The number of nitrogens with zero attached hydrogens (tertiary/aromatic N) is 1. The summed E-state index contributed by atoms with van der Waals surface area (Å²) in [5.74, 6) is -0.636. The Balaban J connectivity index is 2.84. The van der Waals surface area contributed by atoms with Crippen LogP contribution in [-0.2, 0) is 9.53 Å². The summed E-state index contributed by atoms with van der Waals surface area (Å²) in [6.07, 6.45) is 0.375. The van der Waals surface area contributed by atoms with Crippen LogP contribution in [-0.4, -0.2) is 22.7 Å². The maximum Gasteiger partial charge on any atom is 0.339 e. The third-order valence-electron chi connectivity index (χ3n) is 1.85. The molecule has 0 spiro atoms. The summed E-state index contributed by atoms with van der Waals surface area (Å²) in [6, 6.07) is 3.33. The molecule has 1 aromatic rings. The van der Waals surface area contributed by atoms with Crippen LogP contribution in [0.25, 0.3) is 0 Å². The minimum absolute atomic E-state index is 0.259. The monoisotopic (exact) mass is 195 g/mol. The molecule has 1 heterocycles. The molecule has 1 aromatic heterocycles. The lowest BCUT2D eigenvalue weighted by Crippen LogP contribution is -2.16. The number of aliphatic hydroxyl groups excluding tert-OH is 1. The van der Waals surface area contributed by atoms with Crippen molar-refractivity contribution in [1.82, 2.24) is 4.98 Å². The number of rotatable bonds is 3. The van der Waals surface area contributed by atoms with Crippen LogP contribution < -0.4 is 0 Å². The predicted octanol–water partition coefficient (Wildman–Crippen LogP) is 0.987. The van der Waals surface area contributed by atoms with Gasteiger partial charge in [0.2, 0.25) is 0 Å². The van der Waals surface area contributed by atoms with Gasteiger partial charge in [0.15, 0.2) is 6.10 Å². The predicted molar refractivity (Wildman–Crippen MR) is 50.6 cm³/mol. The molecule has 14 heavy (non-hydrogen) atoms. The van der Waals surface area contributed by atoms with Crippen LogP contribution in [0.2, 0.25) is 0 Å². The fourth-order valence-corrected chi connectivity index (χ4v) is 1.13. The van der Waals surface area contributed by atoms with E-state index in [4.69, 9.17) is 4.74 Å². The van der Waals surface area contributed by atoms with Crippen LogP contribution in [0.1, 0.15) is 24.3 Å². The Kier molecular flexibility index (Phi) is 3.59. The number of pyridine rings is 1. The van der Waals surface area contributed by atoms with Gasteiger partial charge in [0.1, 0.15) is 0 Å². The molecule has 0 aliphatic rings. The summed E-state index contributed by atoms with van der Waals surface area (Å²) in [4.78, 5) is 15.2. The van der Waals surface area contributed by atoms with Gasteiger partial charge in [-0.25, -0.2) is 4.79 Å². The van der Waals surface area contributed by atoms with E-state index >= 15 is 0 Å². The average Bonchev–Trinajstić information content (AvgIpc) is 2.18. The lowest BCUT2D eigenvalue weighted by atomic mass is 10.1. The number of aryl methyl sites for hydroxylation is 1. The molecular formula is C10H13NO3. The van der Waals surface area contributed by atoms with Crippen molar-refractivity contribution in [2.24, 2.45) is 0 Å². The van der Waals surface area contributed by atoms with Crippen molar-refractivity contribution in [3.05, 3.63) is 29.6 Å². The molecule has 0 aliphatic heterocycles. The first-order valence-corrected chi connectivity index (χ1v) is 4.43. The highest BCUT2D eigenvalue weighted by Crippen LogP contribution is 2.16. The van der Waals surface area contributed by atoms with Crippen molar-refractivity contribution >= 4 is 5.97 Å². The third-order valence-corrected chi connectivity index (χ3v) is 1.85. The number of esters is 1. The number of hydrogen-bond donors (Lipinski definition) is 1. The number of ether oxygens (including phenoxy) is 1. The van der Waals surface area contributed by atoms with Gasteiger partial charge in [0, 0.05) is 17.5 Å². The first-order valence-electron chi connectivity index (χ1n) is 4.43. The Labute approximate surface area is 82.5 Å². The molecule has 0 radical (unpaired) electrons. The summed E-state index contributed by atoms with van der Waals surface area (Å²) in [5.41, 5.74) is 1.12. The summed E-state index contributed by atoms with van der Waals surface area (Å²) in [5, 5.41) is 9.59. The van der Waals surface area contributed by atoms with Crippen LogP contribution in [0.4, 0.5) is 0 Å². The number of carbonyl (C=O) groups excluding carboxylic acids is 1. The van der Waals surface area contributed by atoms with E-state index in [0.717, 1.165) is 0 Å². The minimum atomic E-state index is -1.23. The zero-order valence-electron chi connectivity index (χ0n) is 8.23. The quantitative estimate of drug-likeness (QED) is 0.730. The standard InChI is InChI=1S/C10H13NO3/c1-3-14-10(13)9(12)8-5-4-6-11-7(8)2/h4-6,9,12H,3H2,1-2H3/t9-/m0/s1. The van der Waals surface area contributed by atoms with E-state index in [-0.39, 0.29) is 6.61 Å². The van der Waals surface area contributed by atoms with E-state index in [1.165, 1.54) is 0 Å². The Morgan fingerprint density at radius 2 is 2.43 bits per heavy atom. The van der Waals surface area contributed by atoms with Gasteiger partial charge in [-0.1, -0.05) is 6.07 Å². The molecule has 1 rings (SSSR count). The van der Waals surface area contributed by atoms with Crippen LogP contribution >= 0.6 is 0 Å². The van der Waals surface area contributed by atoms with E-state index in [0.29, 0.717) is 11.3 Å². The van der Waals surface area contributed by atoms with E-state index in [1.807, 2.05) is 0 Å². The average molecular weight is 195 g/mol. The zero-order valence-corrected chi connectivity index (χ0v) is 8.23. The van der Waals surface area contributed by atoms with Gasteiger partial charge in [-0.15, -0.1) is 0 Å². The van der Waals surface area contributed by atoms with Crippen LogP contribution in [0.15, 0.2) is 18.3 Å². The Morgan fingerprint density at radius 1 is 1.71 bits per heavy atom. The van der Waals surface area contributed by atoms with E-state index in [9.17, 15) is 9.90 Å². The second-order valence-electron chi connectivity index (χ2n) is 2.83. The maximum absolute atomic E-state index is 11.2. The summed E-state index contributed by atoms with van der Waals surface area (Å²) < 4.78 is 4.70. The number of aromatic nitrogens is 1. The van der Waals surface area contributed by atoms with Gasteiger partial charge < -0.3 is 9.84 Å². The topological polar surface area (TPSA) is 59.4 Å². The molecule has 0 aliphatic carbocycles. The largest absolute Gasteiger partial charge is 0.464 e. The molecule has 0 amide bonds. The Morgan fingerprint density at radius 3 is 3.00 bits per heavy atom. The maximum atomic E-state index is 11.2. The van der Waals surface area contributed by atoms with Crippen LogP contribution in [0.3, 0.4) is 0 Å². The van der Waals surface area contributed by atoms with Gasteiger partial charge >= 0.3 is 5.97 Å². The number of aliphatic hydroxyl groups is 1. The fraction of sp³-hybridized carbons (Fsp3) is 0.400. The van der Waals surface area contributed by atoms with Crippen molar-refractivity contribution < 1.29 is 14.6 Å². The van der Waals surface area contributed by atoms with Crippen molar-refractivity contribution in [2.45, 2.75) is 20.0 Å². The molecule has 0 unspecified atom stereocenters. The third kappa shape index (κ3) is 2.29. The van der Waals surface area contributed by atoms with Crippen molar-refractivity contribution in [2.75, 3.05) is 6.61 Å². The van der Waals surface area contributed by atoms with Crippen molar-refractivity contribution in [3.63, 3.8) is 0 Å². The molecule has 1 atom stereocenters. The molecule has 0 saturated carbocycles. The van der Waals surface area contributed by atoms with Crippen molar-refractivity contribution in [1.29, 1.82) is 0 Å². The second-order valence-corrected chi connectivity index (χ2v) is 2.83. The molecule has 4 heteroatoms. The van der Waals surface area contributed by atoms with Gasteiger partial charge in [-0.3, -0.25) is 4.98 Å². The molecule has 76 valence electrons. The first-order chi connectivity index (χ1) is 6.66. The van der Waals surface area contributed by atoms with Gasteiger partial charge in [-0.05, 0) is 19.9 Å². The molecule has 4 nitrogen and oxygen atoms in total. The fourth-order valence-electron chi connectivity index (χ4n) is 1.13. The molecular weight excluding hydrogens is 182 g/mol. The summed E-state index contributed by atoms with van der Waals surface area (Å²) >= 11 is 0. The van der Waals surface area contributed by atoms with E-state index in [1.54, 1.807) is 32.2 Å². The SMILES string of the molecule is CCOC(=O)[C@@H](O)c1cccnc1C. The van der Waals surface area contributed by atoms with Gasteiger partial charge in [0.05, 0.1) is 6.61 Å². The van der Waals surface area contributed by atoms with E-state index < -0.39 is 12.1 Å². The zero-order chi connectivity index (χ0) is 10.6. The first kappa shape index (κ1) is 10.7. The number of hydrogen-bond acceptors (Lipinski definition) is 4. The second kappa shape index (κ2) is 4.72. The highest BCUT2D eigenvalue weighted by Gasteiger charge is 2.20. The molecule has 0 fully saturated rings. The van der Waals surface area contributed by atoms with Crippen LogP contribution in [0, 0.1) is 6.92 Å². The molecule has 0 saturated heterocycles.